The maximum Gasteiger partial charge on any atom is 0.240 e. The first-order valence-electron chi connectivity index (χ1n) is 7.01. The molecule has 7 heteroatoms. The van der Waals surface area contributed by atoms with Crippen LogP contribution in [0.25, 0.3) is 0 Å². The molecule has 1 atom stereocenters. The van der Waals surface area contributed by atoms with E-state index in [2.05, 4.69) is 29.5 Å². The second-order valence-corrected chi connectivity index (χ2v) is 7.03. The minimum absolute atomic E-state index is 0.101. The van der Waals surface area contributed by atoms with Crippen LogP contribution in [0, 0.1) is 5.92 Å². The SMILES string of the molecule is CC(C)CN=C1NC(=O)[C@H](CC(=O)Nc2cccc(Cl)c2)S1. The van der Waals surface area contributed by atoms with Crippen molar-refractivity contribution in [1.29, 1.82) is 0 Å². The minimum Gasteiger partial charge on any atom is -0.326 e. The molecule has 118 valence electrons. The van der Waals surface area contributed by atoms with E-state index in [0.29, 0.717) is 28.3 Å². The molecule has 1 aliphatic heterocycles. The monoisotopic (exact) mass is 339 g/mol. The Morgan fingerprint density at radius 2 is 2.27 bits per heavy atom. The lowest BCUT2D eigenvalue weighted by Gasteiger charge is -2.07. The topological polar surface area (TPSA) is 70.6 Å². The Morgan fingerprint density at radius 1 is 1.50 bits per heavy atom. The molecule has 0 aromatic heterocycles. The summed E-state index contributed by atoms with van der Waals surface area (Å²) in [5, 5.41) is 6.16. The summed E-state index contributed by atoms with van der Waals surface area (Å²) in [6.45, 7) is 4.77. The van der Waals surface area contributed by atoms with Crippen LogP contribution < -0.4 is 10.6 Å². The van der Waals surface area contributed by atoms with Gasteiger partial charge in [-0.2, -0.15) is 0 Å². The number of aliphatic imine (C=N–C) groups is 1. The average molecular weight is 340 g/mol. The van der Waals surface area contributed by atoms with Gasteiger partial charge in [0.25, 0.3) is 0 Å². The Hall–Kier alpha value is -1.53. The van der Waals surface area contributed by atoms with Gasteiger partial charge in [-0.1, -0.05) is 43.3 Å². The van der Waals surface area contributed by atoms with E-state index < -0.39 is 5.25 Å². The molecule has 1 aromatic rings. The van der Waals surface area contributed by atoms with E-state index in [1.807, 2.05) is 0 Å². The van der Waals surface area contributed by atoms with Gasteiger partial charge in [0.2, 0.25) is 11.8 Å². The quantitative estimate of drug-likeness (QED) is 0.866. The summed E-state index contributed by atoms with van der Waals surface area (Å²) in [4.78, 5) is 28.2. The zero-order chi connectivity index (χ0) is 16.1. The molecule has 0 radical (unpaired) electrons. The number of carbonyl (C=O) groups is 2. The standard InChI is InChI=1S/C15H18ClN3O2S/c1-9(2)8-17-15-19-14(21)12(22-15)7-13(20)18-11-5-3-4-10(16)6-11/h3-6,9,12H,7-8H2,1-2H3,(H,18,20)(H,17,19,21)/t12-/m0/s1. The van der Waals surface area contributed by atoms with Gasteiger partial charge in [-0.25, -0.2) is 0 Å². The lowest BCUT2D eigenvalue weighted by atomic mass is 10.2. The zero-order valence-corrected chi connectivity index (χ0v) is 14.0. The zero-order valence-electron chi connectivity index (χ0n) is 12.4. The molecule has 0 unspecified atom stereocenters. The number of carbonyl (C=O) groups excluding carboxylic acids is 2. The molecule has 22 heavy (non-hydrogen) atoms. The van der Waals surface area contributed by atoms with Gasteiger partial charge >= 0.3 is 0 Å². The molecule has 2 amide bonds. The maximum atomic E-state index is 12.0. The van der Waals surface area contributed by atoms with E-state index in [1.54, 1.807) is 24.3 Å². The lowest BCUT2D eigenvalue weighted by Crippen LogP contribution is -2.28. The molecule has 5 nitrogen and oxygen atoms in total. The normalized spacial score (nSPS) is 19.5. The lowest BCUT2D eigenvalue weighted by molar-refractivity contribution is -0.122. The van der Waals surface area contributed by atoms with E-state index in [-0.39, 0.29) is 18.2 Å². The molecule has 1 heterocycles. The fourth-order valence-corrected chi connectivity index (χ4v) is 3.00. The van der Waals surface area contributed by atoms with Crippen LogP contribution in [0.4, 0.5) is 5.69 Å². The highest BCUT2D eigenvalue weighted by Crippen LogP contribution is 2.23. The van der Waals surface area contributed by atoms with Crippen molar-refractivity contribution in [3.63, 3.8) is 0 Å². The molecule has 0 spiro atoms. The molecule has 1 saturated heterocycles. The largest absolute Gasteiger partial charge is 0.326 e. The second kappa shape index (κ2) is 7.65. The fraction of sp³-hybridized carbons (Fsp3) is 0.400. The van der Waals surface area contributed by atoms with E-state index in [9.17, 15) is 9.59 Å². The summed E-state index contributed by atoms with van der Waals surface area (Å²) in [7, 11) is 0. The molecule has 0 bridgehead atoms. The van der Waals surface area contributed by atoms with Gasteiger partial charge in [0.05, 0.1) is 0 Å². The van der Waals surface area contributed by atoms with Gasteiger partial charge in [-0.05, 0) is 24.1 Å². The molecular formula is C15H18ClN3O2S. The first-order valence-corrected chi connectivity index (χ1v) is 8.27. The molecule has 1 fully saturated rings. The third-order valence-electron chi connectivity index (χ3n) is 2.86. The number of amides is 2. The molecule has 0 aliphatic carbocycles. The van der Waals surface area contributed by atoms with Crippen LogP contribution in [0.1, 0.15) is 20.3 Å². The average Bonchev–Trinajstić information content (AvgIpc) is 2.77. The Labute approximate surface area is 138 Å². The van der Waals surface area contributed by atoms with Crippen LogP contribution in [0.15, 0.2) is 29.3 Å². The summed E-state index contributed by atoms with van der Waals surface area (Å²) in [6, 6.07) is 6.90. The van der Waals surface area contributed by atoms with Crippen molar-refractivity contribution >= 4 is 46.0 Å². The highest BCUT2D eigenvalue weighted by atomic mass is 35.5. The van der Waals surface area contributed by atoms with Crippen molar-refractivity contribution in [3.8, 4) is 0 Å². The van der Waals surface area contributed by atoms with Gasteiger partial charge < -0.3 is 10.6 Å². The predicted octanol–water partition coefficient (Wildman–Crippen LogP) is 2.91. The summed E-state index contributed by atoms with van der Waals surface area (Å²) in [5.41, 5.74) is 0.620. The van der Waals surface area contributed by atoms with Gasteiger partial charge in [0.15, 0.2) is 5.17 Å². The Morgan fingerprint density at radius 3 is 2.95 bits per heavy atom. The molecule has 1 aromatic carbocycles. The number of hydrogen-bond acceptors (Lipinski definition) is 4. The van der Waals surface area contributed by atoms with Crippen LogP contribution in [-0.2, 0) is 9.59 Å². The summed E-state index contributed by atoms with van der Waals surface area (Å²) in [6.07, 6.45) is 0.101. The number of halogens is 1. The van der Waals surface area contributed by atoms with Gasteiger partial charge in [0.1, 0.15) is 5.25 Å². The number of nitrogens with one attached hydrogen (secondary N) is 2. The van der Waals surface area contributed by atoms with Crippen LogP contribution in [0.2, 0.25) is 5.02 Å². The predicted molar refractivity (Wildman–Crippen MR) is 91.4 cm³/mol. The van der Waals surface area contributed by atoms with E-state index in [0.717, 1.165) is 0 Å². The molecule has 2 N–H and O–H groups in total. The van der Waals surface area contributed by atoms with Gasteiger partial charge in [-0.3, -0.25) is 14.6 Å². The fourth-order valence-electron chi connectivity index (χ4n) is 1.83. The molecule has 2 rings (SSSR count). The van der Waals surface area contributed by atoms with Crippen molar-refractivity contribution in [1.82, 2.24) is 5.32 Å². The van der Waals surface area contributed by atoms with Crippen LogP contribution in [0.3, 0.4) is 0 Å². The number of amidine groups is 1. The van der Waals surface area contributed by atoms with Crippen LogP contribution in [-0.4, -0.2) is 28.8 Å². The number of nitrogens with zero attached hydrogens (tertiary/aromatic N) is 1. The van der Waals surface area contributed by atoms with Crippen molar-refractivity contribution in [2.24, 2.45) is 10.9 Å². The van der Waals surface area contributed by atoms with E-state index in [4.69, 9.17) is 11.6 Å². The first-order chi connectivity index (χ1) is 10.4. The van der Waals surface area contributed by atoms with E-state index in [1.165, 1.54) is 11.8 Å². The second-order valence-electron chi connectivity index (χ2n) is 5.40. The number of benzene rings is 1. The Bertz CT molecular complexity index is 604. The van der Waals surface area contributed by atoms with Crippen molar-refractivity contribution in [2.75, 3.05) is 11.9 Å². The number of hydrogen-bond donors (Lipinski definition) is 2. The van der Waals surface area contributed by atoms with Crippen molar-refractivity contribution < 1.29 is 9.59 Å². The summed E-state index contributed by atoms with van der Waals surface area (Å²) in [5.74, 6) is 0.0314. The smallest absolute Gasteiger partial charge is 0.240 e. The summed E-state index contributed by atoms with van der Waals surface area (Å²) >= 11 is 7.17. The number of thioether (sulfide) groups is 1. The summed E-state index contributed by atoms with van der Waals surface area (Å²) < 4.78 is 0. The van der Waals surface area contributed by atoms with Crippen LogP contribution >= 0.6 is 23.4 Å². The van der Waals surface area contributed by atoms with Gasteiger partial charge in [0, 0.05) is 23.7 Å². The number of rotatable bonds is 5. The maximum absolute atomic E-state index is 12.0. The van der Waals surface area contributed by atoms with Crippen molar-refractivity contribution in [3.05, 3.63) is 29.3 Å². The molecular weight excluding hydrogens is 322 g/mol. The Kier molecular flexibility index (Phi) is 5.85. The van der Waals surface area contributed by atoms with E-state index >= 15 is 0 Å². The third-order valence-corrected chi connectivity index (χ3v) is 4.21. The first kappa shape index (κ1) is 16.8. The number of anilines is 1. The van der Waals surface area contributed by atoms with Gasteiger partial charge in [-0.15, -0.1) is 0 Å². The Balaban J connectivity index is 1.89. The highest BCUT2D eigenvalue weighted by molar-refractivity contribution is 8.15. The molecule has 1 aliphatic rings. The highest BCUT2D eigenvalue weighted by Gasteiger charge is 2.31. The minimum atomic E-state index is -0.440. The molecule has 0 saturated carbocycles. The van der Waals surface area contributed by atoms with Crippen molar-refractivity contribution in [2.45, 2.75) is 25.5 Å². The third kappa shape index (κ3) is 5.03. The van der Waals surface area contributed by atoms with Crippen LogP contribution in [0.5, 0.6) is 0 Å².